The van der Waals surface area contributed by atoms with E-state index < -0.39 is 0 Å². The maximum absolute atomic E-state index is 11.6. The van der Waals surface area contributed by atoms with Gasteiger partial charge >= 0.3 is 0 Å². The van der Waals surface area contributed by atoms with E-state index in [1.54, 1.807) is 0 Å². The van der Waals surface area contributed by atoms with Crippen molar-refractivity contribution >= 4 is 67.8 Å². The Labute approximate surface area is 118 Å². The maximum atomic E-state index is 11.6. The Kier molecular flexibility index (Phi) is 7.56. The van der Waals surface area contributed by atoms with Gasteiger partial charge in [-0.25, -0.2) is 0 Å². The number of halogens is 3. The zero-order valence-corrected chi connectivity index (χ0v) is 11.7. The van der Waals surface area contributed by atoms with Crippen molar-refractivity contribution in [3.63, 3.8) is 0 Å². The van der Waals surface area contributed by atoms with Crippen molar-refractivity contribution in [2.75, 3.05) is 6.16 Å². The van der Waals surface area contributed by atoms with Crippen LogP contribution in [0.2, 0.25) is 15.1 Å². The van der Waals surface area contributed by atoms with Crippen LogP contribution in [-0.4, -0.2) is 30.5 Å². The molecular weight excluding hydrogens is 268 g/mol. The van der Waals surface area contributed by atoms with Gasteiger partial charge in [0.2, 0.25) is 0 Å². The average Bonchev–Trinajstić information content (AvgIpc) is 2.01. The summed E-state index contributed by atoms with van der Waals surface area (Å²) in [5.74, 6) is 0. The van der Waals surface area contributed by atoms with E-state index in [0.717, 1.165) is 6.16 Å². The van der Waals surface area contributed by atoms with Crippen LogP contribution in [0.3, 0.4) is 0 Å². The van der Waals surface area contributed by atoms with Crippen LogP contribution in [0.1, 0.15) is 17.3 Å². The van der Waals surface area contributed by atoms with Crippen LogP contribution in [0.15, 0.2) is 12.1 Å². The molecule has 0 saturated carbocycles. The number of hydrogen-bond donors (Lipinski definition) is 0. The number of rotatable bonds is 3. The molecule has 0 aliphatic heterocycles. The maximum Gasteiger partial charge on any atom is 0.184 e. The van der Waals surface area contributed by atoms with E-state index in [1.807, 2.05) is 6.92 Å². The van der Waals surface area contributed by atoms with E-state index in [9.17, 15) is 4.79 Å². The van der Waals surface area contributed by atoms with Gasteiger partial charge < -0.3 is 0 Å². The second-order valence-electron chi connectivity index (χ2n) is 2.60. The van der Waals surface area contributed by atoms with Gasteiger partial charge in [0.1, 0.15) is 0 Å². The third-order valence-electron chi connectivity index (χ3n) is 1.57. The molecule has 1 radical (unpaired) electrons. The third-order valence-corrected chi connectivity index (χ3v) is 3.31. The molecule has 1 rings (SSSR count). The molecule has 77 valence electrons. The standard InChI is InChI=1S/C9H8Cl3OP.Li/c1-2-14-9(13)8-6(11)3-5(10)4-7(8)12;/h3-4,14H,2H2,1H3;. The average molecular weight is 276 g/mol. The monoisotopic (exact) mass is 275 g/mol. The van der Waals surface area contributed by atoms with Gasteiger partial charge in [0, 0.05) is 23.9 Å². The summed E-state index contributed by atoms with van der Waals surface area (Å²) in [7, 11) is 0.205. The fourth-order valence-electron chi connectivity index (χ4n) is 1.01. The normalized spacial score (nSPS) is 10.4. The molecule has 1 aromatic rings. The quantitative estimate of drug-likeness (QED) is 0.600. The first kappa shape index (κ1) is 15.8. The molecule has 1 unspecified atom stereocenters. The second kappa shape index (κ2) is 7.18. The van der Waals surface area contributed by atoms with E-state index >= 15 is 0 Å². The minimum Gasteiger partial charge on any atom is -0.289 e. The van der Waals surface area contributed by atoms with Gasteiger partial charge in [0.15, 0.2) is 5.52 Å². The Morgan fingerprint density at radius 1 is 1.27 bits per heavy atom. The van der Waals surface area contributed by atoms with Crippen molar-refractivity contribution in [3.05, 3.63) is 32.8 Å². The van der Waals surface area contributed by atoms with Crippen LogP contribution in [0.4, 0.5) is 0 Å². The molecule has 0 bridgehead atoms. The fraction of sp³-hybridized carbons (Fsp3) is 0.222. The Balaban J connectivity index is 0.00000196. The molecule has 0 spiro atoms. The largest absolute Gasteiger partial charge is 0.289 e. The number of benzene rings is 1. The van der Waals surface area contributed by atoms with E-state index in [2.05, 4.69) is 0 Å². The van der Waals surface area contributed by atoms with Crippen molar-refractivity contribution in [2.45, 2.75) is 6.92 Å². The van der Waals surface area contributed by atoms with Gasteiger partial charge in [-0.3, -0.25) is 4.79 Å². The molecule has 0 aliphatic rings. The SMILES string of the molecule is CCPC(=O)c1c(Cl)cc(Cl)cc1Cl.[Li]. The predicted molar refractivity (Wildman–Crippen MR) is 70.4 cm³/mol. The van der Waals surface area contributed by atoms with Crippen molar-refractivity contribution in [2.24, 2.45) is 0 Å². The van der Waals surface area contributed by atoms with Crippen molar-refractivity contribution in [3.8, 4) is 0 Å². The van der Waals surface area contributed by atoms with Crippen LogP contribution < -0.4 is 0 Å². The van der Waals surface area contributed by atoms with Crippen LogP contribution >= 0.6 is 43.4 Å². The molecular formula is C9H8Cl3LiOP. The molecule has 6 heteroatoms. The Hall–Kier alpha value is 0.787. The summed E-state index contributed by atoms with van der Waals surface area (Å²) in [5.41, 5.74) is 0.372. The van der Waals surface area contributed by atoms with Crippen LogP contribution in [0, 0.1) is 0 Å². The van der Waals surface area contributed by atoms with E-state index in [1.165, 1.54) is 12.1 Å². The molecule has 1 atom stereocenters. The van der Waals surface area contributed by atoms with Gasteiger partial charge in [0.25, 0.3) is 0 Å². The molecule has 1 aromatic carbocycles. The van der Waals surface area contributed by atoms with E-state index in [0.29, 0.717) is 20.6 Å². The van der Waals surface area contributed by atoms with Gasteiger partial charge in [-0.2, -0.15) is 0 Å². The molecule has 15 heavy (non-hydrogen) atoms. The molecule has 0 N–H and O–H groups in total. The van der Waals surface area contributed by atoms with Crippen molar-refractivity contribution in [1.29, 1.82) is 0 Å². The second-order valence-corrected chi connectivity index (χ2v) is 5.37. The van der Waals surface area contributed by atoms with E-state index in [-0.39, 0.29) is 33.0 Å². The first-order valence-electron chi connectivity index (χ1n) is 3.99. The molecule has 0 saturated heterocycles. The molecule has 0 aliphatic carbocycles. The van der Waals surface area contributed by atoms with E-state index in [4.69, 9.17) is 34.8 Å². The van der Waals surface area contributed by atoms with Crippen LogP contribution in [0.5, 0.6) is 0 Å². The zero-order chi connectivity index (χ0) is 10.7. The number of carbonyl (C=O) groups is 1. The van der Waals surface area contributed by atoms with Crippen LogP contribution in [0.25, 0.3) is 0 Å². The first-order valence-corrected chi connectivity index (χ1v) is 6.33. The summed E-state index contributed by atoms with van der Waals surface area (Å²) in [6.45, 7) is 1.94. The summed E-state index contributed by atoms with van der Waals surface area (Å²) in [4.78, 5) is 11.6. The zero-order valence-electron chi connectivity index (χ0n) is 8.40. The van der Waals surface area contributed by atoms with Gasteiger partial charge in [-0.15, -0.1) is 0 Å². The first-order chi connectivity index (χ1) is 6.56. The fourth-order valence-corrected chi connectivity index (χ4v) is 2.92. The minimum absolute atomic E-state index is 0. The minimum atomic E-state index is -0.0147. The summed E-state index contributed by atoms with van der Waals surface area (Å²) < 4.78 is 0. The van der Waals surface area contributed by atoms with Gasteiger partial charge in [-0.1, -0.05) is 41.7 Å². The summed E-state index contributed by atoms with van der Waals surface area (Å²) >= 11 is 17.5. The molecule has 1 nitrogen and oxygen atoms in total. The molecule has 0 amide bonds. The topological polar surface area (TPSA) is 17.1 Å². The third kappa shape index (κ3) is 4.27. The molecule has 0 fully saturated rings. The molecule has 0 heterocycles. The van der Waals surface area contributed by atoms with Gasteiger partial charge in [-0.05, 0) is 26.9 Å². The van der Waals surface area contributed by atoms with Crippen molar-refractivity contribution in [1.82, 2.24) is 0 Å². The Bertz CT molecular complexity index is 347. The predicted octanol–water partition coefficient (Wildman–Crippen LogP) is 4.10. The summed E-state index contributed by atoms with van der Waals surface area (Å²) in [6.07, 6.45) is 0.800. The molecule has 0 aromatic heterocycles. The van der Waals surface area contributed by atoms with Crippen LogP contribution in [-0.2, 0) is 0 Å². The summed E-state index contributed by atoms with van der Waals surface area (Å²) in [6, 6.07) is 3.06. The smallest absolute Gasteiger partial charge is 0.184 e. The van der Waals surface area contributed by atoms with Gasteiger partial charge in [0.05, 0.1) is 15.6 Å². The summed E-state index contributed by atoms with van der Waals surface area (Å²) in [5, 5.41) is 1.10. The number of carbonyl (C=O) groups excluding carboxylic acids is 1. The Morgan fingerprint density at radius 3 is 2.13 bits per heavy atom. The number of hydrogen-bond acceptors (Lipinski definition) is 1. The van der Waals surface area contributed by atoms with Crippen molar-refractivity contribution < 1.29 is 4.79 Å². The Morgan fingerprint density at radius 2 is 1.73 bits per heavy atom.